The number of alkyl halides is 3. The number of H-pyrrole nitrogens is 1. The van der Waals surface area contributed by atoms with Crippen LogP contribution in [0.1, 0.15) is 16.7 Å². The highest BCUT2D eigenvalue weighted by molar-refractivity contribution is 5.92. The van der Waals surface area contributed by atoms with Crippen molar-refractivity contribution < 1.29 is 22.9 Å². The molecule has 1 aromatic heterocycles. The third-order valence-electron chi connectivity index (χ3n) is 4.51. The summed E-state index contributed by atoms with van der Waals surface area (Å²) in [6, 6.07) is 11.4. The zero-order chi connectivity index (χ0) is 20.1. The Balaban J connectivity index is 1.55. The van der Waals surface area contributed by atoms with Gasteiger partial charge in [0.15, 0.2) is 0 Å². The highest BCUT2D eigenvalue weighted by atomic mass is 19.4. The first kappa shape index (κ1) is 19.4. The summed E-state index contributed by atoms with van der Waals surface area (Å²) < 4.78 is 37.9. The van der Waals surface area contributed by atoms with Crippen LogP contribution in [0.3, 0.4) is 0 Å². The van der Waals surface area contributed by atoms with Gasteiger partial charge in [-0.2, -0.15) is 18.4 Å². The first-order chi connectivity index (χ1) is 13.4. The fourth-order valence-corrected chi connectivity index (χ4v) is 2.90. The lowest BCUT2D eigenvalue weighted by molar-refractivity contribution is -0.367. The number of aromatic nitrogens is 1. The molecule has 3 rings (SSSR count). The molecule has 0 saturated carbocycles. The summed E-state index contributed by atoms with van der Waals surface area (Å²) in [6.07, 6.45) is -0.241. The topological polar surface area (TPSA) is 61.5 Å². The molecule has 0 bridgehead atoms. The van der Waals surface area contributed by atoms with Crippen LogP contribution >= 0.6 is 0 Å². The standard InChI is InChI=1S/C20H17F3N4O/c21-20(22,23)17-6-7-18(25-14-17)26-9-11-27(12-10-26)19(28)8-5-15-1-3-16(13-24)4-2-15/h1-8,14H,9-12H2/p+1/b8-5+. The third-order valence-corrected chi connectivity index (χ3v) is 4.51. The van der Waals surface area contributed by atoms with E-state index in [9.17, 15) is 18.0 Å². The summed E-state index contributed by atoms with van der Waals surface area (Å²) in [6.45, 7) is 2.01. The predicted molar refractivity (Wildman–Crippen MR) is 97.0 cm³/mol. The quantitative estimate of drug-likeness (QED) is 0.761. The SMILES string of the molecule is N#Cc1ccc(/C=C/C(=O)N2CCN(c3ccc(C(F)(F)F)c[nH+]3)CC2)cc1. The van der Waals surface area contributed by atoms with Crippen LogP contribution in [0, 0.1) is 11.3 Å². The number of nitrogens with zero attached hydrogens (tertiary/aromatic N) is 3. The van der Waals surface area contributed by atoms with Gasteiger partial charge in [-0.15, -0.1) is 0 Å². The third kappa shape index (κ3) is 4.68. The van der Waals surface area contributed by atoms with Gasteiger partial charge in [-0.3, -0.25) is 9.69 Å². The molecule has 8 heteroatoms. The number of hydrogen-bond acceptors (Lipinski definition) is 3. The van der Waals surface area contributed by atoms with E-state index < -0.39 is 11.7 Å². The molecule has 1 aliphatic heterocycles. The number of carbonyl (C=O) groups is 1. The first-order valence-corrected chi connectivity index (χ1v) is 8.68. The second-order valence-electron chi connectivity index (χ2n) is 6.34. The number of aromatic amines is 1. The van der Waals surface area contributed by atoms with Crippen molar-refractivity contribution in [1.29, 1.82) is 5.26 Å². The predicted octanol–water partition coefficient (Wildman–Crippen LogP) is 2.75. The lowest BCUT2D eigenvalue weighted by Gasteiger charge is -2.30. The normalized spacial score (nSPS) is 14.9. The largest absolute Gasteiger partial charge is 0.419 e. The smallest absolute Gasteiger partial charge is 0.331 e. The molecule has 144 valence electrons. The van der Waals surface area contributed by atoms with Crippen molar-refractivity contribution in [2.24, 2.45) is 0 Å². The van der Waals surface area contributed by atoms with E-state index in [0.29, 0.717) is 37.6 Å². The summed E-state index contributed by atoms with van der Waals surface area (Å²) in [4.78, 5) is 18.6. The molecule has 2 aromatic rings. The van der Waals surface area contributed by atoms with Gasteiger partial charge in [0, 0.05) is 12.1 Å². The molecule has 0 unspecified atom stereocenters. The van der Waals surface area contributed by atoms with Gasteiger partial charge in [-0.05, 0) is 29.8 Å². The van der Waals surface area contributed by atoms with Crippen LogP contribution < -0.4 is 9.88 Å². The van der Waals surface area contributed by atoms with Crippen molar-refractivity contribution in [2.75, 3.05) is 31.1 Å². The van der Waals surface area contributed by atoms with E-state index in [1.165, 1.54) is 12.1 Å². The van der Waals surface area contributed by atoms with E-state index in [4.69, 9.17) is 5.26 Å². The average molecular weight is 387 g/mol. The monoisotopic (exact) mass is 387 g/mol. The summed E-state index contributed by atoms with van der Waals surface area (Å²) >= 11 is 0. The maximum absolute atomic E-state index is 12.6. The van der Waals surface area contributed by atoms with Crippen molar-refractivity contribution in [3.63, 3.8) is 0 Å². The van der Waals surface area contributed by atoms with E-state index in [0.717, 1.165) is 17.8 Å². The van der Waals surface area contributed by atoms with Crippen LogP contribution in [0.4, 0.5) is 19.0 Å². The molecule has 1 N–H and O–H groups in total. The van der Waals surface area contributed by atoms with Crippen molar-refractivity contribution in [3.8, 4) is 6.07 Å². The molecule has 5 nitrogen and oxygen atoms in total. The van der Waals surface area contributed by atoms with Crippen molar-refractivity contribution in [1.82, 2.24) is 4.90 Å². The Labute approximate surface area is 160 Å². The Morgan fingerprint density at radius 3 is 2.29 bits per heavy atom. The van der Waals surface area contributed by atoms with Crippen LogP contribution in [0.25, 0.3) is 6.08 Å². The minimum Gasteiger partial charge on any atom is -0.331 e. The Morgan fingerprint density at radius 2 is 1.75 bits per heavy atom. The highest BCUT2D eigenvalue weighted by Gasteiger charge is 2.32. The molecular formula is C20H18F3N4O+. The molecule has 2 heterocycles. The first-order valence-electron chi connectivity index (χ1n) is 8.68. The number of amides is 1. The summed E-state index contributed by atoms with van der Waals surface area (Å²) in [5, 5.41) is 8.78. The van der Waals surface area contributed by atoms with E-state index >= 15 is 0 Å². The molecule has 28 heavy (non-hydrogen) atoms. The minimum atomic E-state index is -4.37. The van der Waals surface area contributed by atoms with Gasteiger partial charge in [-0.25, -0.2) is 4.98 Å². The van der Waals surface area contributed by atoms with Gasteiger partial charge in [0.05, 0.1) is 30.3 Å². The fourth-order valence-electron chi connectivity index (χ4n) is 2.90. The fraction of sp³-hybridized carbons (Fsp3) is 0.250. The Bertz CT molecular complexity index is 891. The zero-order valence-electron chi connectivity index (χ0n) is 14.9. The molecular weight excluding hydrogens is 369 g/mol. The number of nitriles is 1. The summed E-state index contributed by atoms with van der Waals surface area (Å²) in [7, 11) is 0. The molecule has 1 aliphatic rings. The number of benzene rings is 1. The van der Waals surface area contributed by atoms with Crippen LogP contribution in [-0.2, 0) is 11.0 Å². The molecule has 1 fully saturated rings. The second kappa shape index (κ2) is 8.13. The highest BCUT2D eigenvalue weighted by Crippen LogP contribution is 2.28. The van der Waals surface area contributed by atoms with Crippen LogP contribution in [-0.4, -0.2) is 37.0 Å². The maximum atomic E-state index is 12.6. The lowest BCUT2D eigenvalue weighted by atomic mass is 10.1. The van der Waals surface area contributed by atoms with Gasteiger partial charge in [0.1, 0.15) is 19.3 Å². The average Bonchev–Trinajstić information content (AvgIpc) is 2.72. The van der Waals surface area contributed by atoms with Gasteiger partial charge in [0.25, 0.3) is 5.82 Å². The number of anilines is 1. The van der Waals surface area contributed by atoms with Crippen molar-refractivity contribution in [3.05, 3.63) is 65.4 Å². The summed E-state index contributed by atoms with van der Waals surface area (Å²) in [5.74, 6) is 0.466. The Morgan fingerprint density at radius 1 is 1.07 bits per heavy atom. The number of carbonyl (C=O) groups excluding carboxylic acids is 1. The molecule has 0 aliphatic carbocycles. The van der Waals surface area contributed by atoms with E-state index in [1.807, 2.05) is 11.0 Å². The van der Waals surface area contributed by atoms with E-state index in [-0.39, 0.29) is 5.91 Å². The van der Waals surface area contributed by atoms with E-state index in [2.05, 4.69) is 4.98 Å². The number of pyridine rings is 1. The molecule has 1 amide bonds. The number of rotatable bonds is 3. The minimum absolute atomic E-state index is 0.125. The molecule has 1 saturated heterocycles. The van der Waals surface area contributed by atoms with Gasteiger partial charge in [-0.1, -0.05) is 12.1 Å². The molecule has 1 aromatic carbocycles. The molecule has 0 spiro atoms. The van der Waals surface area contributed by atoms with Gasteiger partial charge < -0.3 is 4.90 Å². The van der Waals surface area contributed by atoms with Gasteiger partial charge >= 0.3 is 6.18 Å². The number of halogens is 3. The lowest BCUT2D eigenvalue weighted by Crippen LogP contribution is -2.49. The van der Waals surface area contributed by atoms with Gasteiger partial charge in [0.2, 0.25) is 5.91 Å². The van der Waals surface area contributed by atoms with Crippen LogP contribution in [0.15, 0.2) is 48.7 Å². The molecule has 0 atom stereocenters. The number of piperazine rings is 1. The van der Waals surface area contributed by atoms with Crippen molar-refractivity contribution >= 4 is 17.8 Å². The second-order valence-corrected chi connectivity index (χ2v) is 6.34. The number of hydrogen-bond donors (Lipinski definition) is 0. The maximum Gasteiger partial charge on any atom is 0.419 e. The Kier molecular flexibility index (Phi) is 5.64. The zero-order valence-corrected chi connectivity index (χ0v) is 14.9. The van der Waals surface area contributed by atoms with Crippen LogP contribution in [0.5, 0.6) is 0 Å². The molecule has 0 radical (unpaired) electrons. The van der Waals surface area contributed by atoms with Crippen LogP contribution in [0.2, 0.25) is 0 Å². The van der Waals surface area contributed by atoms with Crippen molar-refractivity contribution in [2.45, 2.75) is 6.18 Å². The summed E-state index contributed by atoms with van der Waals surface area (Å²) in [5.41, 5.74) is 0.656. The number of nitrogens with one attached hydrogen (secondary N) is 1. The van der Waals surface area contributed by atoms with E-state index in [1.54, 1.807) is 35.2 Å². The Hall–Kier alpha value is -3.34.